The molecule has 0 bridgehead atoms. The third-order valence-corrected chi connectivity index (χ3v) is 4.70. The molecule has 3 rings (SSSR count). The number of aromatic nitrogens is 2. The van der Waals surface area contributed by atoms with E-state index < -0.39 is 17.1 Å². The van der Waals surface area contributed by atoms with Crippen LogP contribution in [0.2, 0.25) is 0 Å². The summed E-state index contributed by atoms with van der Waals surface area (Å²) in [4.78, 5) is 33.2. The van der Waals surface area contributed by atoms with Crippen LogP contribution in [0.25, 0.3) is 5.69 Å². The molecule has 0 atom stereocenters. The molecule has 7 heteroatoms. The molecule has 150 valence electrons. The highest BCUT2D eigenvalue weighted by Crippen LogP contribution is 2.21. The van der Waals surface area contributed by atoms with Crippen LogP contribution >= 0.6 is 0 Å². The second-order valence-electron chi connectivity index (χ2n) is 6.62. The second-order valence-corrected chi connectivity index (χ2v) is 6.62. The first-order chi connectivity index (χ1) is 13.9. The van der Waals surface area contributed by atoms with E-state index in [2.05, 4.69) is 28.7 Å². The molecule has 0 spiro atoms. The third kappa shape index (κ3) is 4.29. The van der Waals surface area contributed by atoms with Gasteiger partial charge in [0.2, 0.25) is 5.88 Å². The van der Waals surface area contributed by atoms with E-state index in [-0.39, 0.29) is 5.56 Å². The molecule has 0 saturated heterocycles. The van der Waals surface area contributed by atoms with Crippen molar-refractivity contribution in [2.75, 3.05) is 18.0 Å². The van der Waals surface area contributed by atoms with Crippen molar-refractivity contribution in [3.8, 4) is 11.6 Å². The quantitative estimate of drug-likeness (QED) is 0.631. The summed E-state index contributed by atoms with van der Waals surface area (Å²) in [6, 6.07) is 14.7. The van der Waals surface area contributed by atoms with Crippen LogP contribution in [0.3, 0.4) is 0 Å². The highest BCUT2D eigenvalue weighted by Gasteiger charge is 2.14. The SMILES string of the molecule is CCN(CC)c1ccc(N=Cc2c(O)n(-c3cccc(C)c3)c(=O)[nH]c2=O)cc1. The van der Waals surface area contributed by atoms with E-state index in [0.717, 1.165) is 28.9 Å². The van der Waals surface area contributed by atoms with Gasteiger partial charge < -0.3 is 10.0 Å². The van der Waals surface area contributed by atoms with E-state index in [1.165, 1.54) is 6.21 Å². The van der Waals surface area contributed by atoms with E-state index in [0.29, 0.717) is 11.4 Å². The van der Waals surface area contributed by atoms with Crippen molar-refractivity contribution in [1.82, 2.24) is 9.55 Å². The first-order valence-corrected chi connectivity index (χ1v) is 9.49. The van der Waals surface area contributed by atoms with Crippen molar-refractivity contribution in [2.24, 2.45) is 4.99 Å². The molecule has 0 aliphatic rings. The Balaban J connectivity index is 1.98. The molecule has 0 unspecified atom stereocenters. The number of nitrogens with one attached hydrogen (secondary N) is 1. The molecule has 2 N–H and O–H groups in total. The lowest BCUT2D eigenvalue weighted by Gasteiger charge is -2.20. The Morgan fingerprint density at radius 2 is 1.79 bits per heavy atom. The number of hydrogen-bond acceptors (Lipinski definition) is 5. The molecule has 0 amide bonds. The zero-order valence-corrected chi connectivity index (χ0v) is 16.7. The summed E-state index contributed by atoms with van der Waals surface area (Å²) in [6.45, 7) is 7.87. The average Bonchev–Trinajstić information content (AvgIpc) is 2.69. The normalized spacial score (nSPS) is 11.1. The van der Waals surface area contributed by atoms with Gasteiger partial charge >= 0.3 is 5.69 Å². The number of benzene rings is 2. The lowest BCUT2D eigenvalue weighted by molar-refractivity contribution is 0.430. The minimum absolute atomic E-state index is 0.0843. The minimum Gasteiger partial charge on any atom is -0.493 e. The molecule has 1 aromatic heterocycles. The standard InChI is InChI=1S/C22H24N4O3/c1-4-25(5-2)17-11-9-16(10-12-17)23-14-19-20(27)24-22(29)26(21(19)28)18-8-6-7-15(3)13-18/h6-14,28H,4-5H2,1-3H3,(H,24,27,29). The molecular formula is C22H24N4O3. The monoisotopic (exact) mass is 392 g/mol. The van der Waals surface area contributed by atoms with E-state index in [1.807, 2.05) is 37.3 Å². The molecule has 7 nitrogen and oxygen atoms in total. The number of rotatable bonds is 6. The van der Waals surface area contributed by atoms with Gasteiger partial charge in [0.05, 0.1) is 11.4 Å². The third-order valence-electron chi connectivity index (χ3n) is 4.70. The summed E-state index contributed by atoms with van der Waals surface area (Å²) in [7, 11) is 0. The molecule has 1 heterocycles. The van der Waals surface area contributed by atoms with Crippen molar-refractivity contribution in [2.45, 2.75) is 20.8 Å². The summed E-state index contributed by atoms with van der Waals surface area (Å²) in [6.07, 6.45) is 1.27. The number of anilines is 1. The van der Waals surface area contributed by atoms with Crippen LogP contribution in [0.4, 0.5) is 11.4 Å². The van der Waals surface area contributed by atoms with Gasteiger partial charge in [-0.05, 0) is 62.7 Å². The first-order valence-electron chi connectivity index (χ1n) is 9.49. The molecular weight excluding hydrogens is 368 g/mol. The molecule has 2 aromatic carbocycles. The van der Waals surface area contributed by atoms with Gasteiger partial charge in [0.15, 0.2) is 0 Å². The predicted octanol–water partition coefficient (Wildman–Crippen LogP) is 3.14. The number of nitrogens with zero attached hydrogens (tertiary/aromatic N) is 3. The highest BCUT2D eigenvalue weighted by atomic mass is 16.3. The molecule has 0 aliphatic carbocycles. The maximum absolute atomic E-state index is 12.3. The number of aliphatic imine (C=N–C) groups is 1. The Morgan fingerprint density at radius 3 is 2.41 bits per heavy atom. The van der Waals surface area contributed by atoms with Crippen molar-refractivity contribution in [1.29, 1.82) is 0 Å². The Morgan fingerprint density at radius 1 is 1.10 bits per heavy atom. The largest absolute Gasteiger partial charge is 0.493 e. The maximum Gasteiger partial charge on any atom is 0.335 e. The molecule has 0 aliphatic heterocycles. The van der Waals surface area contributed by atoms with Crippen molar-refractivity contribution in [3.63, 3.8) is 0 Å². The smallest absolute Gasteiger partial charge is 0.335 e. The van der Waals surface area contributed by atoms with E-state index in [9.17, 15) is 14.7 Å². The van der Waals surface area contributed by atoms with Gasteiger partial charge in [0.1, 0.15) is 5.56 Å². The number of H-pyrrole nitrogens is 1. The van der Waals surface area contributed by atoms with Crippen LogP contribution in [-0.2, 0) is 0 Å². The first kappa shape index (κ1) is 20.1. The lowest BCUT2D eigenvalue weighted by atomic mass is 10.2. The summed E-state index contributed by atoms with van der Waals surface area (Å²) in [5, 5.41) is 10.6. The molecule has 3 aromatic rings. The molecule has 0 fully saturated rings. The summed E-state index contributed by atoms with van der Waals surface area (Å²) < 4.78 is 1.05. The van der Waals surface area contributed by atoms with Gasteiger partial charge in [-0.3, -0.25) is 14.8 Å². The van der Waals surface area contributed by atoms with E-state index in [1.54, 1.807) is 18.2 Å². The van der Waals surface area contributed by atoms with Gasteiger partial charge in [0.25, 0.3) is 5.56 Å². The van der Waals surface area contributed by atoms with Gasteiger partial charge in [-0.1, -0.05) is 12.1 Å². The Hall–Kier alpha value is -3.61. The van der Waals surface area contributed by atoms with Crippen LogP contribution in [0.5, 0.6) is 5.88 Å². The Kier molecular flexibility index (Phi) is 5.97. The number of aryl methyl sites for hydroxylation is 1. The minimum atomic E-state index is -0.709. The number of aromatic hydroxyl groups is 1. The maximum atomic E-state index is 12.3. The van der Waals surface area contributed by atoms with Crippen molar-refractivity contribution in [3.05, 3.63) is 80.5 Å². The number of hydrogen-bond donors (Lipinski definition) is 2. The zero-order valence-electron chi connectivity index (χ0n) is 16.7. The molecule has 29 heavy (non-hydrogen) atoms. The van der Waals surface area contributed by atoms with Crippen LogP contribution in [0.15, 0.2) is 63.1 Å². The predicted molar refractivity (Wildman–Crippen MR) is 116 cm³/mol. The second kappa shape index (κ2) is 8.60. The van der Waals surface area contributed by atoms with Crippen LogP contribution < -0.4 is 16.1 Å². The zero-order chi connectivity index (χ0) is 21.0. The fraction of sp³-hybridized carbons (Fsp3) is 0.227. The highest BCUT2D eigenvalue weighted by molar-refractivity contribution is 5.84. The van der Waals surface area contributed by atoms with Gasteiger partial charge in [0, 0.05) is 25.0 Å². The topological polar surface area (TPSA) is 90.7 Å². The van der Waals surface area contributed by atoms with Crippen LogP contribution in [0, 0.1) is 6.92 Å². The summed E-state index contributed by atoms with van der Waals surface area (Å²) in [5.74, 6) is -0.451. The van der Waals surface area contributed by atoms with Gasteiger partial charge in [-0.25, -0.2) is 9.36 Å². The van der Waals surface area contributed by atoms with Crippen molar-refractivity contribution >= 4 is 17.6 Å². The summed E-state index contributed by atoms with van der Waals surface area (Å²) in [5.41, 5.74) is 1.61. The fourth-order valence-electron chi connectivity index (χ4n) is 3.14. The van der Waals surface area contributed by atoms with Crippen LogP contribution in [-0.4, -0.2) is 34.0 Å². The van der Waals surface area contributed by atoms with Gasteiger partial charge in [-0.2, -0.15) is 0 Å². The van der Waals surface area contributed by atoms with Gasteiger partial charge in [-0.15, -0.1) is 0 Å². The van der Waals surface area contributed by atoms with E-state index in [4.69, 9.17) is 0 Å². The van der Waals surface area contributed by atoms with Crippen molar-refractivity contribution < 1.29 is 5.11 Å². The fourth-order valence-corrected chi connectivity index (χ4v) is 3.14. The van der Waals surface area contributed by atoms with E-state index >= 15 is 0 Å². The summed E-state index contributed by atoms with van der Waals surface area (Å²) >= 11 is 0. The molecule has 0 saturated carbocycles. The Bertz CT molecular complexity index is 1140. The average molecular weight is 392 g/mol. The number of aromatic amines is 1. The Labute approximate surface area is 168 Å². The van der Waals surface area contributed by atoms with Crippen LogP contribution in [0.1, 0.15) is 25.0 Å². The lowest BCUT2D eigenvalue weighted by Crippen LogP contribution is -2.31. The molecule has 0 radical (unpaired) electrons.